The summed E-state index contributed by atoms with van der Waals surface area (Å²) in [4.78, 5) is 23.3. The fourth-order valence-electron chi connectivity index (χ4n) is 2.66. The third-order valence-corrected chi connectivity index (χ3v) is 3.79. The van der Waals surface area contributed by atoms with Crippen molar-refractivity contribution in [2.24, 2.45) is 17.8 Å². The number of amides is 1. The Hall–Kier alpha value is -1.36. The van der Waals surface area contributed by atoms with Crippen LogP contribution in [0.5, 0.6) is 0 Å². The van der Waals surface area contributed by atoms with Crippen LogP contribution in [-0.2, 0) is 14.3 Å². The molecule has 114 valence electrons. The van der Waals surface area contributed by atoms with E-state index in [0.29, 0.717) is 38.5 Å². The highest BCUT2D eigenvalue weighted by Gasteiger charge is 2.41. The summed E-state index contributed by atoms with van der Waals surface area (Å²) in [6.07, 6.45) is 2.21. The van der Waals surface area contributed by atoms with Crippen LogP contribution in [0.4, 0.5) is 0 Å². The van der Waals surface area contributed by atoms with Crippen LogP contribution in [0.2, 0.25) is 0 Å². The molecule has 1 rings (SSSR count). The summed E-state index contributed by atoms with van der Waals surface area (Å²) in [6, 6.07) is 0. The number of carboxylic acid groups (broad SMARTS) is 1. The molecule has 5 nitrogen and oxygen atoms in total. The number of carbonyl (C=O) groups excluding carboxylic acids is 1. The van der Waals surface area contributed by atoms with Crippen molar-refractivity contribution in [3.8, 4) is 0 Å². The van der Waals surface area contributed by atoms with Crippen LogP contribution in [0.25, 0.3) is 0 Å². The van der Waals surface area contributed by atoms with Crippen molar-refractivity contribution >= 4 is 11.9 Å². The highest BCUT2D eigenvalue weighted by atomic mass is 16.5. The lowest BCUT2D eigenvalue weighted by Crippen LogP contribution is -2.37. The highest BCUT2D eigenvalue weighted by Crippen LogP contribution is 2.38. The first-order valence-electron chi connectivity index (χ1n) is 7.18. The lowest BCUT2D eigenvalue weighted by Gasteiger charge is -2.15. The summed E-state index contributed by atoms with van der Waals surface area (Å²) in [7, 11) is 0. The first-order chi connectivity index (χ1) is 9.45. The molecule has 5 heteroatoms. The van der Waals surface area contributed by atoms with Gasteiger partial charge < -0.3 is 15.2 Å². The smallest absolute Gasteiger partial charge is 0.307 e. The summed E-state index contributed by atoms with van der Waals surface area (Å²) in [5.41, 5.74) is 0.934. The van der Waals surface area contributed by atoms with Gasteiger partial charge in [-0.1, -0.05) is 25.5 Å². The van der Waals surface area contributed by atoms with Gasteiger partial charge >= 0.3 is 5.97 Å². The van der Waals surface area contributed by atoms with Crippen LogP contribution in [0.1, 0.15) is 33.1 Å². The van der Waals surface area contributed by atoms with Crippen LogP contribution in [0.3, 0.4) is 0 Å². The fraction of sp³-hybridized carbons (Fsp3) is 0.733. The van der Waals surface area contributed by atoms with E-state index in [2.05, 4.69) is 11.9 Å². The minimum absolute atomic E-state index is 0.160. The molecule has 2 N–H and O–H groups in total. The third kappa shape index (κ3) is 4.96. The average Bonchev–Trinajstić information content (AvgIpc) is 2.82. The molecular formula is C15H25NO4. The molecule has 1 amide bonds. The SMILES string of the molecule is C=C(C)COCCNC(=O)C1CC(CC)CC1C(=O)O. The van der Waals surface area contributed by atoms with Gasteiger partial charge in [-0.2, -0.15) is 0 Å². The zero-order chi connectivity index (χ0) is 15.1. The zero-order valence-electron chi connectivity index (χ0n) is 12.4. The van der Waals surface area contributed by atoms with Crippen LogP contribution < -0.4 is 5.32 Å². The number of rotatable bonds is 8. The molecule has 3 unspecified atom stereocenters. The Labute approximate surface area is 120 Å². The number of carbonyl (C=O) groups is 2. The second kappa shape index (κ2) is 8.04. The van der Waals surface area contributed by atoms with E-state index in [1.54, 1.807) is 0 Å². The van der Waals surface area contributed by atoms with E-state index < -0.39 is 17.8 Å². The standard InChI is InChI=1S/C15H25NO4/c1-4-11-7-12(13(8-11)15(18)19)14(17)16-5-6-20-9-10(2)3/h11-13H,2,4-9H2,1,3H3,(H,16,17)(H,18,19). The van der Waals surface area contributed by atoms with E-state index in [1.807, 2.05) is 13.8 Å². The molecule has 0 aromatic rings. The van der Waals surface area contributed by atoms with Gasteiger partial charge in [-0.05, 0) is 25.7 Å². The van der Waals surface area contributed by atoms with E-state index in [4.69, 9.17) is 4.74 Å². The number of hydrogen-bond donors (Lipinski definition) is 2. The molecule has 1 saturated carbocycles. The number of carboxylic acids is 1. The van der Waals surface area contributed by atoms with Gasteiger partial charge in [0.2, 0.25) is 5.91 Å². The quantitative estimate of drug-likeness (QED) is 0.526. The fourth-order valence-corrected chi connectivity index (χ4v) is 2.66. The minimum Gasteiger partial charge on any atom is -0.481 e. The van der Waals surface area contributed by atoms with E-state index in [-0.39, 0.29) is 5.91 Å². The monoisotopic (exact) mass is 283 g/mol. The van der Waals surface area contributed by atoms with Crippen LogP contribution in [0.15, 0.2) is 12.2 Å². The molecule has 0 saturated heterocycles. The normalized spacial score (nSPS) is 25.4. The van der Waals surface area contributed by atoms with Crippen molar-refractivity contribution < 1.29 is 19.4 Å². The Morgan fingerprint density at radius 1 is 1.35 bits per heavy atom. The van der Waals surface area contributed by atoms with E-state index in [1.165, 1.54) is 0 Å². The molecule has 1 fully saturated rings. The van der Waals surface area contributed by atoms with Crippen molar-refractivity contribution in [1.82, 2.24) is 5.32 Å². The molecule has 0 spiro atoms. The predicted molar refractivity (Wildman–Crippen MR) is 76.3 cm³/mol. The third-order valence-electron chi connectivity index (χ3n) is 3.79. The van der Waals surface area contributed by atoms with E-state index >= 15 is 0 Å². The summed E-state index contributed by atoms with van der Waals surface area (Å²) in [5, 5.41) is 12.0. The zero-order valence-corrected chi connectivity index (χ0v) is 12.4. The summed E-state index contributed by atoms with van der Waals surface area (Å²) >= 11 is 0. The number of aliphatic carboxylic acids is 1. The second-order valence-electron chi connectivity index (χ2n) is 5.60. The van der Waals surface area contributed by atoms with Crippen molar-refractivity contribution in [3.63, 3.8) is 0 Å². The van der Waals surface area contributed by atoms with Gasteiger partial charge in [0, 0.05) is 6.54 Å². The van der Waals surface area contributed by atoms with Crippen molar-refractivity contribution in [2.45, 2.75) is 33.1 Å². The van der Waals surface area contributed by atoms with Gasteiger partial charge in [0.15, 0.2) is 0 Å². The number of hydrogen-bond acceptors (Lipinski definition) is 3. The maximum atomic E-state index is 12.1. The lowest BCUT2D eigenvalue weighted by molar-refractivity contribution is -0.146. The molecule has 0 aromatic carbocycles. The first kappa shape index (κ1) is 16.7. The first-order valence-corrected chi connectivity index (χ1v) is 7.18. The lowest BCUT2D eigenvalue weighted by atomic mass is 9.95. The Morgan fingerprint density at radius 2 is 2.00 bits per heavy atom. The van der Waals surface area contributed by atoms with Crippen LogP contribution in [-0.4, -0.2) is 36.7 Å². The Kier molecular flexibility index (Phi) is 6.71. The number of ether oxygens (including phenoxy) is 1. The Bertz CT molecular complexity index is 367. The maximum absolute atomic E-state index is 12.1. The van der Waals surface area contributed by atoms with Crippen molar-refractivity contribution in [2.75, 3.05) is 19.8 Å². The summed E-state index contributed by atoms with van der Waals surface area (Å²) < 4.78 is 5.29. The van der Waals surface area contributed by atoms with Crippen LogP contribution in [0, 0.1) is 17.8 Å². The number of nitrogens with one attached hydrogen (secondary N) is 1. The van der Waals surface area contributed by atoms with E-state index in [9.17, 15) is 14.7 Å². The largest absolute Gasteiger partial charge is 0.481 e. The molecule has 0 radical (unpaired) electrons. The molecule has 3 atom stereocenters. The van der Waals surface area contributed by atoms with Crippen molar-refractivity contribution in [1.29, 1.82) is 0 Å². The molecule has 0 aliphatic heterocycles. The maximum Gasteiger partial charge on any atom is 0.307 e. The van der Waals surface area contributed by atoms with Gasteiger partial charge in [0.05, 0.1) is 25.0 Å². The second-order valence-corrected chi connectivity index (χ2v) is 5.60. The van der Waals surface area contributed by atoms with Crippen molar-refractivity contribution in [3.05, 3.63) is 12.2 Å². The van der Waals surface area contributed by atoms with E-state index in [0.717, 1.165) is 12.0 Å². The average molecular weight is 283 g/mol. The van der Waals surface area contributed by atoms with Gasteiger partial charge in [-0.15, -0.1) is 0 Å². The molecule has 20 heavy (non-hydrogen) atoms. The summed E-state index contributed by atoms with van der Waals surface area (Å²) in [5.74, 6) is -1.63. The topological polar surface area (TPSA) is 75.6 Å². The predicted octanol–water partition coefficient (Wildman–Crippen LogP) is 1.83. The molecule has 1 aliphatic rings. The molecule has 0 bridgehead atoms. The van der Waals surface area contributed by atoms with Gasteiger partial charge in [0.1, 0.15) is 0 Å². The van der Waals surface area contributed by atoms with Gasteiger partial charge in [-0.25, -0.2) is 0 Å². The summed E-state index contributed by atoms with van der Waals surface area (Å²) in [6.45, 7) is 8.94. The van der Waals surface area contributed by atoms with Gasteiger partial charge in [-0.3, -0.25) is 9.59 Å². The Balaban J connectivity index is 2.37. The molecule has 1 aliphatic carbocycles. The minimum atomic E-state index is -0.861. The van der Waals surface area contributed by atoms with Gasteiger partial charge in [0.25, 0.3) is 0 Å². The Morgan fingerprint density at radius 3 is 2.55 bits per heavy atom. The molecular weight excluding hydrogens is 258 g/mol. The molecule has 0 heterocycles. The highest BCUT2D eigenvalue weighted by molar-refractivity contribution is 5.85. The molecule has 0 aromatic heterocycles. The van der Waals surface area contributed by atoms with Crippen LogP contribution >= 0.6 is 0 Å².